The van der Waals surface area contributed by atoms with Gasteiger partial charge in [0.1, 0.15) is 10.6 Å². The number of hydrogen-bond donors (Lipinski definition) is 2. The summed E-state index contributed by atoms with van der Waals surface area (Å²) in [7, 11) is -2.45. The van der Waals surface area contributed by atoms with Crippen LogP contribution in [-0.4, -0.2) is 15.5 Å². The lowest BCUT2D eigenvalue weighted by atomic mass is 10.3. The van der Waals surface area contributed by atoms with Gasteiger partial charge in [-0.2, -0.15) is 0 Å². The van der Waals surface area contributed by atoms with Gasteiger partial charge in [-0.1, -0.05) is 11.6 Å². The van der Waals surface area contributed by atoms with Crippen molar-refractivity contribution in [2.75, 3.05) is 17.6 Å². The maximum Gasteiger partial charge on any atom is 0.265 e. The molecule has 21 heavy (non-hydrogen) atoms. The van der Waals surface area contributed by atoms with Crippen LogP contribution in [0.25, 0.3) is 0 Å². The lowest BCUT2D eigenvalue weighted by Crippen LogP contribution is -2.14. The summed E-state index contributed by atoms with van der Waals surface area (Å²) in [5, 5.41) is 0.319. The van der Waals surface area contributed by atoms with Crippen LogP contribution in [-0.2, 0) is 10.0 Å². The fourth-order valence-electron chi connectivity index (χ4n) is 1.68. The largest absolute Gasteiger partial charge is 0.495 e. The molecule has 2 aromatic carbocycles. The van der Waals surface area contributed by atoms with Gasteiger partial charge in [-0.15, -0.1) is 0 Å². The van der Waals surface area contributed by atoms with Crippen molar-refractivity contribution in [3.63, 3.8) is 0 Å². The van der Waals surface area contributed by atoms with E-state index in [0.29, 0.717) is 16.4 Å². The Labute approximate surface area is 141 Å². The van der Waals surface area contributed by atoms with E-state index in [4.69, 9.17) is 22.1 Å². The summed E-state index contributed by atoms with van der Waals surface area (Å²) in [4.78, 5) is -0.00573. The van der Waals surface area contributed by atoms with Gasteiger partial charge < -0.3 is 10.5 Å². The lowest BCUT2D eigenvalue weighted by molar-refractivity contribution is 0.403. The van der Waals surface area contributed by atoms with Crippen LogP contribution >= 0.6 is 34.2 Å². The van der Waals surface area contributed by atoms with E-state index in [-0.39, 0.29) is 10.6 Å². The zero-order valence-electron chi connectivity index (χ0n) is 10.9. The number of sulfonamides is 1. The number of benzene rings is 2. The highest BCUT2D eigenvalue weighted by Gasteiger charge is 2.20. The molecule has 0 saturated heterocycles. The second-order valence-corrected chi connectivity index (χ2v) is 7.44. The monoisotopic (exact) mass is 438 g/mol. The SMILES string of the molecule is COc1cc(N)ccc1S(=O)(=O)Nc1ccc(I)cc1Cl. The molecule has 2 rings (SSSR count). The molecule has 0 aliphatic rings. The fraction of sp³-hybridized carbons (Fsp3) is 0.0769. The van der Waals surface area contributed by atoms with Gasteiger partial charge >= 0.3 is 0 Å². The van der Waals surface area contributed by atoms with Crippen LogP contribution in [0, 0.1) is 3.57 Å². The number of methoxy groups -OCH3 is 1. The quantitative estimate of drug-likeness (QED) is 0.567. The molecule has 0 bridgehead atoms. The van der Waals surface area contributed by atoms with E-state index in [2.05, 4.69) is 27.3 Å². The lowest BCUT2D eigenvalue weighted by Gasteiger charge is -2.13. The number of nitrogen functional groups attached to an aromatic ring is 1. The third kappa shape index (κ3) is 3.72. The Balaban J connectivity index is 2.43. The molecule has 0 aliphatic carbocycles. The molecular formula is C13H12ClIN2O3S. The van der Waals surface area contributed by atoms with Gasteiger partial charge in [0.25, 0.3) is 10.0 Å². The van der Waals surface area contributed by atoms with Crippen LogP contribution in [0.1, 0.15) is 0 Å². The molecule has 0 aliphatic heterocycles. The van der Waals surface area contributed by atoms with Crippen molar-refractivity contribution in [2.24, 2.45) is 0 Å². The number of nitrogens with two attached hydrogens (primary N) is 1. The van der Waals surface area contributed by atoms with Crippen molar-refractivity contribution < 1.29 is 13.2 Å². The molecule has 0 heterocycles. The Morgan fingerprint density at radius 2 is 1.95 bits per heavy atom. The third-order valence-corrected chi connectivity index (χ3v) is 5.04. The number of halogens is 2. The van der Waals surface area contributed by atoms with Crippen molar-refractivity contribution in [1.29, 1.82) is 0 Å². The number of anilines is 2. The molecular weight excluding hydrogens is 427 g/mol. The average Bonchev–Trinajstić information content (AvgIpc) is 2.41. The normalized spacial score (nSPS) is 11.2. The summed E-state index contributed by atoms with van der Waals surface area (Å²) in [5.74, 6) is 0.170. The molecule has 0 aromatic heterocycles. The molecule has 2 aromatic rings. The molecule has 0 fully saturated rings. The smallest absolute Gasteiger partial charge is 0.265 e. The van der Waals surface area contributed by atoms with Crippen LogP contribution in [0.15, 0.2) is 41.3 Å². The second kappa shape index (κ2) is 6.29. The summed E-state index contributed by atoms with van der Waals surface area (Å²) < 4.78 is 33.3. The number of ether oxygens (including phenoxy) is 1. The van der Waals surface area contributed by atoms with Crippen LogP contribution in [0.2, 0.25) is 5.02 Å². The van der Waals surface area contributed by atoms with Gasteiger partial charge in [0.15, 0.2) is 0 Å². The first-order valence-corrected chi connectivity index (χ1v) is 8.69. The third-order valence-electron chi connectivity index (χ3n) is 2.65. The van der Waals surface area contributed by atoms with Crippen molar-refractivity contribution in [2.45, 2.75) is 4.90 Å². The summed E-state index contributed by atoms with van der Waals surface area (Å²) >= 11 is 8.13. The first-order valence-electron chi connectivity index (χ1n) is 5.75. The van der Waals surface area contributed by atoms with Crippen LogP contribution in [0.3, 0.4) is 0 Å². The zero-order valence-corrected chi connectivity index (χ0v) is 14.7. The van der Waals surface area contributed by atoms with Crippen molar-refractivity contribution >= 4 is 55.6 Å². The van der Waals surface area contributed by atoms with Gasteiger partial charge in [-0.25, -0.2) is 8.42 Å². The first kappa shape index (κ1) is 16.2. The highest BCUT2D eigenvalue weighted by Crippen LogP contribution is 2.30. The molecule has 0 atom stereocenters. The van der Waals surface area contributed by atoms with Crippen molar-refractivity contribution in [1.82, 2.24) is 0 Å². The molecule has 0 radical (unpaired) electrons. The number of rotatable bonds is 4. The van der Waals surface area contributed by atoms with Gasteiger partial charge in [-0.05, 0) is 52.9 Å². The van der Waals surface area contributed by atoms with Gasteiger partial charge in [0.05, 0.1) is 17.8 Å². The van der Waals surface area contributed by atoms with Crippen LogP contribution < -0.4 is 15.2 Å². The number of nitrogens with one attached hydrogen (secondary N) is 1. The van der Waals surface area contributed by atoms with Crippen molar-refractivity contribution in [3.8, 4) is 5.75 Å². The minimum Gasteiger partial charge on any atom is -0.495 e. The fourth-order valence-corrected chi connectivity index (χ4v) is 3.87. The van der Waals surface area contributed by atoms with E-state index in [1.807, 2.05) is 0 Å². The highest BCUT2D eigenvalue weighted by atomic mass is 127. The van der Waals surface area contributed by atoms with Gasteiger partial charge in [0, 0.05) is 15.3 Å². The molecule has 0 unspecified atom stereocenters. The molecule has 0 saturated carbocycles. The molecule has 112 valence electrons. The van der Waals surface area contributed by atoms with Crippen LogP contribution in [0.5, 0.6) is 5.75 Å². The van der Waals surface area contributed by atoms with Crippen molar-refractivity contribution in [3.05, 3.63) is 45.0 Å². The molecule has 0 spiro atoms. The Morgan fingerprint density at radius 3 is 2.57 bits per heavy atom. The maximum absolute atomic E-state index is 12.4. The van der Waals surface area contributed by atoms with Gasteiger partial charge in [-0.3, -0.25) is 4.72 Å². The molecule has 8 heteroatoms. The van der Waals surface area contributed by atoms with E-state index < -0.39 is 10.0 Å². The van der Waals surface area contributed by atoms with E-state index in [9.17, 15) is 8.42 Å². The van der Waals surface area contributed by atoms with Gasteiger partial charge in [0.2, 0.25) is 0 Å². The van der Waals surface area contributed by atoms with Crippen LogP contribution in [0.4, 0.5) is 11.4 Å². The first-order chi connectivity index (χ1) is 9.83. The standard InChI is InChI=1S/C13H12ClIN2O3S/c1-20-12-7-9(16)3-5-13(12)21(18,19)17-11-4-2-8(15)6-10(11)14/h2-7,17H,16H2,1H3. The number of hydrogen-bond acceptors (Lipinski definition) is 4. The maximum atomic E-state index is 12.4. The topological polar surface area (TPSA) is 81.4 Å². The zero-order chi connectivity index (χ0) is 15.6. The second-order valence-electron chi connectivity index (χ2n) is 4.14. The minimum absolute atomic E-state index is 0.00573. The highest BCUT2D eigenvalue weighted by molar-refractivity contribution is 14.1. The van der Waals surface area contributed by atoms with E-state index in [1.54, 1.807) is 18.2 Å². The van der Waals surface area contributed by atoms with E-state index in [0.717, 1.165) is 3.57 Å². The predicted octanol–water partition coefficient (Wildman–Crippen LogP) is 3.34. The van der Waals surface area contributed by atoms with E-state index in [1.165, 1.54) is 25.3 Å². The summed E-state index contributed by atoms with van der Waals surface area (Å²) in [6, 6.07) is 9.35. The molecule has 0 amide bonds. The summed E-state index contributed by atoms with van der Waals surface area (Å²) in [6.07, 6.45) is 0. The van der Waals surface area contributed by atoms with E-state index >= 15 is 0 Å². The Morgan fingerprint density at radius 1 is 1.24 bits per heavy atom. The Bertz CT molecular complexity index is 781. The molecule has 5 nitrogen and oxygen atoms in total. The molecule has 3 N–H and O–H groups in total. The predicted molar refractivity (Wildman–Crippen MR) is 92.4 cm³/mol. The Kier molecular flexibility index (Phi) is 4.84. The Hall–Kier alpha value is -1.19. The summed E-state index contributed by atoms with van der Waals surface area (Å²) in [6.45, 7) is 0. The summed E-state index contributed by atoms with van der Waals surface area (Å²) in [5.41, 5.74) is 6.34. The average molecular weight is 439 g/mol. The minimum atomic E-state index is -3.83.